The average molecular weight is 545 g/mol. The first-order chi connectivity index (χ1) is 18.1. The largest absolute Gasteiger partial charge is 0.493 e. The zero-order valence-electron chi connectivity index (χ0n) is 23.5. The van der Waals surface area contributed by atoms with Crippen molar-refractivity contribution < 1.29 is 17.9 Å². The van der Waals surface area contributed by atoms with E-state index in [9.17, 15) is 8.42 Å². The molecule has 9 heteroatoms. The number of hydrogen-bond donors (Lipinski definition) is 2. The highest BCUT2D eigenvalue weighted by molar-refractivity contribution is 7.90. The van der Waals surface area contributed by atoms with E-state index < -0.39 is 14.8 Å². The van der Waals surface area contributed by atoms with E-state index in [1.807, 2.05) is 12.1 Å². The van der Waals surface area contributed by atoms with Gasteiger partial charge in [-0.25, -0.2) is 13.1 Å². The van der Waals surface area contributed by atoms with Crippen LogP contribution in [0.2, 0.25) is 0 Å². The quantitative estimate of drug-likeness (QED) is 0.473. The zero-order valence-corrected chi connectivity index (χ0v) is 24.3. The maximum atomic E-state index is 12.4. The van der Waals surface area contributed by atoms with Gasteiger partial charge < -0.3 is 24.6 Å². The molecule has 0 bridgehead atoms. The van der Waals surface area contributed by atoms with Crippen LogP contribution in [0.1, 0.15) is 46.5 Å². The summed E-state index contributed by atoms with van der Waals surface area (Å²) in [7, 11) is 0.0396. The molecule has 210 valence electrons. The molecule has 0 spiro atoms. The van der Waals surface area contributed by atoms with Gasteiger partial charge in [0.2, 0.25) is 10.0 Å². The Labute approximate surface area is 228 Å². The van der Waals surface area contributed by atoms with Crippen LogP contribution in [0.5, 0.6) is 11.5 Å². The van der Waals surface area contributed by atoms with E-state index in [1.165, 1.54) is 5.69 Å². The van der Waals surface area contributed by atoms with Crippen LogP contribution >= 0.6 is 0 Å². The molecule has 0 aromatic heterocycles. The molecule has 1 aliphatic heterocycles. The molecule has 8 nitrogen and oxygen atoms in total. The number of rotatable bonds is 9. The maximum absolute atomic E-state index is 12.4. The molecule has 0 radical (unpaired) electrons. The van der Waals surface area contributed by atoms with Crippen molar-refractivity contribution in [3.05, 3.63) is 42.5 Å². The minimum absolute atomic E-state index is 0.0574. The average Bonchev–Trinajstić information content (AvgIpc) is 2.92. The summed E-state index contributed by atoms with van der Waals surface area (Å²) in [5.41, 5.74) is 3.53. The third kappa shape index (κ3) is 6.86. The van der Waals surface area contributed by atoms with Crippen molar-refractivity contribution in [3.8, 4) is 11.5 Å². The van der Waals surface area contributed by atoms with Gasteiger partial charge in [0.25, 0.3) is 0 Å². The Morgan fingerprint density at radius 2 is 1.37 bits per heavy atom. The Morgan fingerprint density at radius 3 is 1.92 bits per heavy atom. The topological polar surface area (TPSA) is 83.1 Å². The van der Waals surface area contributed by atoms with Crippen molar-refractivity contribution in [3.63, 3.8) is 0 Å². The number of nitrogens with zero attached hydrogens (tertiary/aromatic N) is 2. The minimum atomic E-state index is -3.29. The fourth-order valence-corrected chi connectivity index (χ4v) is 6.21. The van der Waals surface area contributed by atoms with Crippen molar-refractivity contribution in [2.24, 2.45) is 5.92 Å². The number of nitrogens with one attached hydrogen (secondary N) is 2. The molecule has 0 atom stereocenters. The van der Waals surface area contributed by atoms with Gasteiger partial charge in [-0.3, -0.25) is 0 Å². The summed E-state index contributed by atoms with van der Waals surface area (Å²) < 4.78 is 37.9. The maximum Gasteiger partial charge on any atom is 0.216 e. The van der Waals surface area contributed by atoms with Crippen molar-refractivity contribution >= 4 is 27.1 Å². The number of anilines is 3. The Bertz CT molecular complexity index is 1150. The van der Waals surface area contributed by atoms with Crippen LogP contribution in [0.4, 0.5) is 17.1 Å². The predicted octanol–water partition coefficient (Wildman–Crippen LogP) is 4.72. The molecule has 1 aliphatic carbocycles. The van der Waals surface area contributed by atoms with Crippen LogP contribution in [0.25, 0.3) is 0 Å². The second-order valence-electron chi connectivity index (χ2n) is 11.4. The molecule has 0 unspecified atom stereocenters. The van der Waals surface area contributed by atoms with Crippen molar-refractivity contribution in [1.29, 1.82) is 0 Å². The van der Waals surface area contributed by atoms with Gasteiger partial charge in [0.15, 0.2) is 11.5 Å². The fourth-order valence-electron chi connectivity index (χ4n) is 5.18. The summed E-state index contributed by atoms with van der Waals surface area (Å²) in [5, 5.41) is 3.59. The van der Waals surface area contributed by atoms with E-state index in [2.05, 4.69) is 50.2 Å². The summed E-state index contributed by atoms with van der Waals surface area (Å²) in [5.74, 6) is 2.07. The minimum Gasteiger partial charge on any atom is -0.493 e. The van der Waals surface area contributed by atoms with Crippen LogP contribution in [0.3, 0.4) is 0 Å². The van der Waals surface area contributed by atoms with Gasteiger partial charge in [-0.1, -0.05) is 0 Å². The molecule has 2 aromatic rings. The lowest BCUT2D eigenvalue weighted by Gasteiger charge is -2.37. The summed E-state index contributed by atoms with van der Waals surface area (Å²) in [6.45, 7) is 9.98. The SMILES string of the molecule is COc1ccc(N2CCN(c3ccc(NCC4CCC(NS(=O)(=O)C(C)(C)C)CC4)cc3)CC2)cc1OC. The Hall–Kier alpha value is -2.65. The van der Waals surface area contributed by atoms with Crippen molar-refractivity contribution in [2.45, 2.75) is 57.2 Å². The van der Waals surface area contributed by atoms with Crippen LogP contribution < -0.4 is 29.3 Å². The molecule has 0 amide bonds. The first-order valence-electron chi connectivity index (χ1n) is 13.7. The van der Waals surface area contributed by atoms with E-state index in [-0.39, 0.29) is 6.04 Å². The lowest BCUT2D eigenvalue weighted by Crippen LogP contribution is -2.46. The Balaban J connectivity index is 1.21. The van der Waals surface area contributed by atoms with Gasteiger partial charge in [-0.15, -0.1) is 0 Å². The number of hydrogen-bond acceptors (Lipinski definition) is 7. The molecule has 38 heavy (non-hydrogen) atoms. The fraction of sp³-hybridized carbons (Fsp3) is 0.586. The number of benzene rings is 2. The second kappa shape index (κ2) is 12.0. The molecule has 2 fully saturated rings. The first-order valence-corrected chi connectivity index (χ1v) is 15.2. The summed E-state index contributed by atoms with van der Waals surface area (Å²) in [6.07, 6.45) is 3.87. The molecule has 2 aliphatic rings. The number of sulfonamides is 1. The van der Waals surface area contributed by atoms with E-state index in [4.69, 9.17) is 9.47 Å². The third-order valence-corrected chi connectivity index (χ3v) is 10.1. The molecule has 1 heterocycles. The molecule has 1 saturated carbocycles. The highest BCUT2D eigenvalue weighted by atomic mass is 32.2. The number of methoxy groups -OCH3 is 2. The summed E-state index contributed by atoms with van der Waals surface area (Å²) >= 11 is 0. The monoisotopic (exact) mass is 544 g/mol. The third-order valence-electron chi connectivity index (χ3n) is 7.81. The van der Waals surface area contributed by atoms with E-state index in [0.717, 1.165) is 81.3 Å². The van der Waals surface area contributed by atoms with Gasteiger partial charge >= 0.3 is 0 Å². The highest BCUT2D eigenvalue weighted by Crippen LogP contribution is 2.32. The second-order valence-corrected chi connectivity index (χ2v) is 13.9. The van der Waals surface area contributed by atoms with Crippen LogP contribution in [0.15, 0.2) is 42.5 Å². The molecular formula is C29H44N4O4S. The predicted molar refractivity (Wildman–Crippen MR) is 156 cm³/mol. The number of ether oxygens (including phenoxy) is 2. The van der Waals surface area contributed by atoms with Gasteiger partial charge in [0.05, 0.1) is 19.0 Å². The van der Waals surface area contributed by atoms with Gasteiger partial charge in [-0.2, -0.15) is 0 Å². The molecule has 4 rings (SSSR count). The Kier molecular flexibility index (Phi) is 8.98. The van der Waals surface area contributed by atoms with Crippen LogP contribution in [-0.4, -0.2) is 66.2 Å². The van der Waals surface area contributed by atoms with E-state index in [1.54, 1.807) is 35.0 Å². The smallest absolute Gasteiger partial charge is 0.216 e. The van der Waals surface area contributed by atoms with E-state index in [0.29, 0.717) is 5.92 Å². The van der Waals surface area contributed by atoms with Crippen LogP contribution in [0, 0.1) is 5.92 Å². The number of piperazine rings is 1. The van der Waals surface area contributed by atoms with Gasteiger partial charge in [-0.05, 0) is 88.8 Å². The zero-order chi connectivity index (χ0) is 27.3. The van der Waals surface area contributed by atoms with Crippen molar-refractivity contribution in [2.75, 3.05) is 62.1 Å². The molecule has 1 saturated heterocycles. The first kappa shape index (κ1) is 28.4. The van der Waals surface area contributed by atoms with Crippen molar-refractivity contribution in [1.82, 2.24) is 4.72 Å². The lowest BCUT2D eigenvalue weighted by molar-refractivity contribution is 0.322. The van der Waals surface area contributed by atoms with E-state index >= 15 is 0 Å². The highest BCUT2D eigenvalue weighted by Gasteiger charge is 2.32. The summed E-state index contributed by atoms with van der Waals surface area (Å²) in [6, 6.07) is 14.9. The van der Waals surface area contributed by atoms with Crippen LogP contribution in [-0.2, 0) is 10.0 Å². The normalized spacial score (nSPS) is 20.8. The standard InChI is InChI=1S/C29H44N4O4S/c1-29(2,3)38(34,35)31-24-8-6-22(7-9-24)21-30-23-10-12-25(13-11-23)32-16-18-33(19-17-32)26-14-15-27(36-4)28(20-26)37-5/h10-15,20,22,24,30-31H,6-9,16-19,21H2,1-5H3. The summed E-state index contributed by atoms with van der Waals surface area (Å²) in [4.78, 5) is 4.82. The molecule has 2 aromatic carbocycles. The lowest BCUT2D eigenvalue weighted by atomic mass is 9.86. The Morgan fingerprint density at radius 1 is 0.816 bits per heavy atom. The molecule has 2 N–H and O–H groups in total. The van der Waals surface area contributed by atoms with Gasteiger partial charge in [0.1, 0.15) is 0 Å². The molecular weight excluding hydrogens is 500 g/mol. The van der Waals surface area contributed by atoms with Gasteiger partial charge in [0, 0.05) is 61.9 Å².